The molecule has 1 aliphatic rings. The minimum absolute atomic E-state index is 0.572. The highest BCUT2D eigenvalue weighted by Crippen LogP contribution is 2.30. The summed E-state index contributed by atoms with van der Waals surface area (Å²) >= 11 is 0. The molecule has 3 nitrogen and oxygen atoms in total. The monoisotopic (exact) mass is 174 g/mol. The van der Waals surface area contributed by atoms with Crippen molar-refractivity contribution in [2.45, 2.75) is 18.9 Å². The number of anilines is 1. The molecule has 0 radical (unpaired) electrons. The van der Waals surface area contributed by atoms with Crippen molar-refractivity contribution in [2.24, 2.45) is 4.99 Å². The molecule has 2 rings (SSSR count). The van der Waals surface area contributed by atoms with Crippen molar-refractivity contribution < 1.29 is 4.79 Å². The number of benzene rings is 1. The van der Waals surface area contributed by atoms with Crippen molar-refractivity contribution in [2.75, 3.05) is 5.32 Å². The van der Waals surface area contributed by atoms with Crippen LogP contribution in [0.5, 0.6) is 0 Å². The molecule has 0 spiro atoms. The zero-order valence-corrected chi connectivity index (χ0v) is 7.16. The number of isocyanates is 1. The third-order valence-electron chi connectivity index (χ3n) is 2.01. The van der Waals surface area contributed by atoms with E-state index in [1.165, 1.54) is 12.8 Å². The highest BCUT2D eigenvalue weighted by molar-refractivity contribution is 5.68. The third-order valence-corrected chi connectivity index (χ3v) is 2.01. The summed E-state index contributed by atoms with van der Waals surface area (Å²) in [5.74, 6) is 0. The molecule has 13 heavy (non-hydrogen) atoms. The predicted molar refractivity (Wildman–Crippen MR) is 50.9 cm³/mol. The molecule has 1 aromatic rings. The number of aliphatic imine (C=N–C) groups is 1. The number of rotatable bonds is 3. The maximum atomic E-state index is 10.1. The minimum Gasteiger partial charge on any atom is -0.381 e. The molecular formula is C10H10N2O. The molecule has 3 heteroatoms. The van der Waals surface area contributed by atoms with E-state index < -0.39 is 0 Å². The van der Waals surface area contributed by atoms with E-state index >= 15 is 0 Å². The Balaban J connectivity index is 2.24. The van der Waals surface area contributed by atoms with E-state index in [9.17, 15) is 4.79 Å². The van der Waals surface area contributed by atoms with Crippen molar-refractivity contribution >= 4 is 17.5 Å². The number of carbonyl (C=O) groups excluding carboxylic acids is 1. The Labute approximate surface area is 76.5 Å². The van der Waals surface area contributed by atoms with Gasteiger partial charge >= 0.3 is 0 Å². The van der Waals surface area contributed by atoms with Crippen LogP contribution in [0.15, 0.2) is 29.3 Å². The molecule has 0 aliphatic heterocycles. The van der Waals surface area contributed by atoms with Crippen molar-refractivity contribution in [3.63, 3.8) is 0 Å². The van der Waals surface area contributed by atoms with Gasteiger partial charge in [0.25, 0.3) is 0 Å². The Kier molecular flexibility index (Phi) is 2.11. The van der Waals surface area contributed by atoms with E-state index in [2.05, 4.69) is 10.3 Å². The number of nitrogens with one attached hydrogen (secondary N) is 1. The summed E-state index contributed by atoms with van der Waals surface area (Å²) in [5, 5.41) is 3.30. The van der Waals surface area contributed by atoms with Crippen molar-refractivity contribution in [1.82, 2.24) is 0 Å². The van der Waals surface area contributed by atoms with Crippen LogP contribution in [0.2, 0.25) is 0 Å². The van der Waals surface area contributed by atoms with Gasteiger partial charge in [0, 0.05) is 6.04 Å². The number of nitrogens with zero attached hydrogens (tertiary/aromatic N) is 1. The second kappa shape index (κ2) is 3.42. The SMILES string of the molecule is O=C=Nc1ccccc1NC1CC1. The Morgan fingerprint density at radius 2 is 2.15 bits per heavy atom. The number of para-hydroxylation sites is 2. The normalized spacial score (nSPS) is 14.8. The first kappa shape index (κ1) is 8.02. The molecule has 0 bridgehead atoms. The lowest BCUT2D eigenvalue weighted by Crippen LogP contribution is -2.00. The topological polar surface area (TPSA) is 41.5 Å². The molecule has 0 atom stereocenters. The molecular weight excluding hydrogens is 164 g/mol. The van der Waals surface area contributed by atoms with Crippen LogP contribution in [0.4, 0.5) is 11.4 Å². The summed E-state index contributed by atoms with van der Waals surface area (Å²) < 4.78 is 0. The minimum atomic E-state index is 0.572. The molecule has 0 unspecified atom stereocenters. The zero-order chi connectivity index (χ0) is 9.10. The van der Waals surface area contributed by atoms with Gasteiger partial charge in [0.2, 0.25) is 6.08 Å². The van der Waals surface area contributed by atoms with Gasteiger partial charge in [0.1, 0.15) is 0 Å². The first-order chi connectivity index (χ1) is 6.40. The van der Waals surface area contributed by atoms with Crippen LogP contribution in [0.3, 0.4) is 0 Å². The van der Waals surface area contributed by atoms with E-state index in [0.717, 1.165) is 5.69 Å². The Hall–Kier alpha value is -1.60. The maximum absolute atomic E-state index is 10.1. The Morgan fingerprint density at radius 1 is 1.38 bits per heavy atom. The largest absolute Gasteiger partial charge is 0.381 e. The van der Waals surface area contributed by atoms with Crippen LogP contribution in [-0.4, -0.2) is 12.1 Å². The van der Waals surface area contributed by atoms with Crippen molar-refractivity contribution in [3.05, 3.63) is 24.3 Å². The second-order valence-electron chi connectivity index (χ2n) is 3.14. The first-order valence-corrected chi connectivity index (χ1v) is 4.33. The van der Waals surface area contributed by atoms with Crippen molar-refractivity contribution in [1.29, 1.82) is 0 Å². The molecule has 66 valence electrons. The highest BCUT2D eigenvalue weighted by atomic mass is 16.1. The molecule has 0 heterocycles. The first-order valence-electron chi connectivity index (χ1n) is 4.33. The van der Waals surface area contributed by atoms with Gasteiger partial charge in [-0.05, 0) is 25.0 Å². The Bertz CT molecular complexity index is 352. The fourth-order valence-corrected chi connectivity index (χ4v) is 1.19. The average Bonchev–Trinajstić information content (AvgIpc) is 2.93. The quantitative estimate of drug-likeness (QED) is 0.564. The summed E-state index contributed by atoms with van der Waals surface area (Å²) in [6, 6.07) is 8.08. The number of hydrogen-bond donors (Lipinski definition) is 1. The summed E-state index contributed by atoms with van der Waals surface area (Å²) in [5.41, 5.74) is 1.60. The fourth-order valence-electron chi connectivity index (χ4n) is 1.19. The van der Waals surface area contributed by atoms with Crippen LogP contribution >= 0.6 is 0 Å². The summed E-state index contributed by atoms with van der Waals surface area (Å²) in [4.78, 5) is 13.7. The molecule has 1 aliphatic carbocycles. The van der Waals surface area contributed by atoms with Crippen molar-refractivity contribution in [3.8, 4) is 0 Å². The van der Waals surface area contributed by atoms with Gasteiger partial charge in [-0.2, -0.15) is 4.99 Å². The summed E-state index contributed by atoms with van der Waals surface area (Å²) in [7, 11) is 0. The van der Waals surface area contributed by atoms with E-state index in [1.807, 2.05) is 18.2 Å². The molecule has 1 aromatic carbocycles. The fraction of sp³-hybridized carbons (Fsp3) is 0.300. The lowest BCUT2D eigenvalue weighted by molar-refractivity contribution is 0.565. The van der Waals surface area contributed by atoms with E-state index in [1.54, 1.807) is 12.1 Å². The zero-order valence-electron chi connectivity index (χ0n) is 7.16. The summed E-state index contributed by atoms with van der Waals surface area (Å²) in [6.07, 6.45) is 3.97. The third kappa shape index (κ3) is 1.95. The van der Waals surface area contributed by atoms with E-state index in [-0.39, 0.29) is 0 Å². The summed E-state index contributed by atoms with van der Waals surface area (Å²) in [6.45, 7) is 0. The van der Waals surface area contributed by atoms with E-state index in [0.29, 0.717) is 11.7 Å². The van der Waals surface area contributed by atoms with Crippen LogP contribution in [0.1, 0.15) is 12.8 Å². The lowest BCUT2D eigenvalue weighted by Gasteiger charge is -2.05. The lowest BCUT2D eigenvalue weighted by atomic mass is 10.2. The van der Waals surface area contributed by atoms with Gasteiger partial charge in [-0.25, -0.2) is 4.79 Å². The van der Waals surface area contributed by atoms with Crippen LogP contribution in [0, 0.1) is 0 Å². The molecule has 0 aromatic heterocycles. The van der Waals surface area contributed by atoms with Crippen LogP contribution < -0.4 is 5.32 Å². The van der Waals surface area contributed by atoms with Gasteiger partial charge in [0.15, 0.2) is 0 Å². The van der Waals surface area contributed by atoms with Gasteiger partial charge in [-0.15, -0.1) is 0 Å². The molecule has 1 N–H and O–H groups in total. The predicted octanol–water partition coefficient (Wildman–Crippen LogP) is 2.23. The van der Waals surface area contributed by atoms with E-state index in [4.69, 9.17) is 0 Å². The number of hydrogen-bond acceptors (Lipinski definition) is 3. The Morgan fingerprint density at radius 3 is 2.85 bits per heavy atom. The molecule has 0 saturated heterocycles. The average molecular weight is 174 g/mol. The highest BCUT2D eigenvalue weighted by Gasteiger charge is 2.21. The maximum Gasteiger partial charge on any atom is 0.240 e. The second-order valence-corrected chi connectivity index (χ2v) is 3.14. The van der Waals surface area contributed by atoms with Crippen LogP contribution in [-0.2, 0) is 4.79 Å². The van der Waals surface area contributed by atoms with Gasteiger partial charge < -0.3 is 5.32 Å². The van der Waals surface area contributed by atoms with Crippen LogP contribution in [0.25, 0.3) is 0 Å². The molecule has 1 fully saturated rings. The molecule has 0 amide bonds. The standard InChI is InChI=1S/C10H10N2O/c13-7-11-9-3-1-2-4-10(9)12-8-5-6-8/h1-4,8,12H,5-6H2. The van der Waals surface area contributed by atoms with Gasteiger partial charge in [-0.3, -0.25) is 0 Å². The van der Waals surface area contributed by atoms with Gasteiger partial charge in [-0.1, -0.05) is 12.1 Å². The smallest absolute Gasteiger partial charge is 0.240 e. The molecule has 1 saturated carbocycles. The van der Waals surface area contributed by atoms with Gasteiger partial charge in [0.05, 0.1) is 11.4 Å².